The van der Waals surface area contributed by atoms with E-state index in [2.05, 4.69) is 6.92 Å². The highest BCUT2D eigenvalue weighted by Crippen LogP contribution is 2.35. The zero-order valence-electron chi connectivity index (χ0n) is 17.6. The lowest BCUT2D eigenvalue weighted by atomic mass is 10.0. The molecule has 0 spiro atoms. The number of rotatable bonds is 21. The molecule has 0 saturated heterocycles. The summed E-state index contributed by atoms with van der Waals surface area (Å²) >= 11 is 0. The van der Waals surface area contributed by atoms with Gasteiger partial charge in [0.15, 0.2) is 0 Å². The zero-order chi connectivity index (χ0) is 19.3. The zero-order valence-corrected chi connectivity index (χ0v) is 18.5. The Kier molecular flexibility index (Phi) is 20.0. The van der Waals surface area contributed by atoms with Crippen LogP contribution < -0.4 is 0 Å². The maximum absolute atomic E-state index is 10.7. The first kappa shape index (κ1) is 26.1. The normalized spacial score (nSPS) is 12.0. The van der Waals surface area contributed by atoms with Crippen molar-refractivity contribution in [2.75, 3.05) is 6.16 Å². The molecule has 0 bridgehead atoms. The molecule has 0 aromatic heterocycles. The van der Waals surface area contributed by atoms with Crippen molar-refractivity contribution in [2.45, 2.75) is 135 Å². The van der Waals surface area contributed by atoms with Crippen molar-refractivity contribution in [3.8, 4) is 0 Å². The Morgan fingerprint density at radius 3 is 0.923 bits per heavy atom. The van der Waals surface area contributed by atoms with Gasteiger partial charge in [0.05, 0.1) is 0 Å². The lowest BCUT2D eigenvalue weighted by molar-refractivity contribution is 0.370. The summed E-state index contributed by atoms with van der Waals surface area (Å²) in [6, 6.07) is 0. The molecule has 0 aliphatic rings. The minimum atomic E-state index is -3.76. The average Bonchev–Trinajstić information content (AvgIpc) is 2.59. The van der Waals surface area contributed by atoms with E-state index < -0.39 is 7.60 Å². The fourth-order valence-corrected chi connectivity index (χ4v) is 4.21. The summed E-state index contributed by atoms with van der Waals surface area (Å²) in [5.74, 6) is 0. The Bertz CT molecular complexity index is 315. The van der Waals surface area contributed by atoms with Gasteiger partial charge < -0.3 is 9.79 Å². The SMILES string of the molecule is CCCCCCCCCCCCCCCCCCCCCCP(=O)(O)O. The third-order valence-corrected chi connectivity index (χ3v) is 6.20. The first-order valence-corrected chi connectivity index (χ1v) is 13.4. The summed E-state index contributed by atoms with van der Waals surface area (Å²) in [6.45, 7) is 2.28. The van der Waals surface area contributed by atoms with Gasteiger partial charge in [-0.05, 0) is 6.42 Å². The predicted molar refractivity (Wildman–Crippen MR) is 115 cm³/mol. The van der Waals surface area contributed by atoms with Gasteiger partial charge in [0.1, 0.15) is 0 Å². The second kappa shape index (κ2) is 19.9. The highest BCUT2D eigenvalue weighted by molar-refractivity contribution is 7.51. The summed E-state index contributed by atoms with van der Waals surface area (Å²) < 4.78 is 10.7. The maximum atomic E-state index is 10.7. The Labute approximate surface area is 163 Å². The summed E-state index contributed by atoms with van der Waals surface area (Å²) in [4.78, 5) is 17.6. The van der Waals surface area contributed by atoms with Crippen LogP contribution in [-0.4, -0.2) is 15.9 Å². The third-order valence-electron chi connectivity index (χ3n) is 5.30. The van der Waals surface area contributed by atoms with Crippen LogP contribution in [0.3, 0.4) is 0 Å². The van der Waals surface area contributed by atoms with Gasteiger partial charge in [-0.25, -0.2) is 0 Å². The molecule has 0 aliphatic carbocycles. The van der Waals surface area contributed by atoms with Crippen LogP contribution in [0.1, 0.15) is 135 Å². The maximum Gasteiger partial charge on any atom is 0.325 e. The molecule has 0 fully saturated rings. The molecule has 0 heterocycles. The standard InChI is InChI=1S/C22H47O3P/c1-2-3-4-5-6-7-8-9-10-11-12-13-14-15-16-17-18-19-20-21-22-26(23,24)25/h2-22H2,1H3,(H2,23,24,25). The van der Waals surface area contributed by atoms with Crippen molar-refractivity contribution in [3.63, 3.8) is 0 Å². The minimum absolute atomic E-state index is 0.0615. The monoisotopic (exact) mass is 390 g/mol. The van der Waals surface area contributed by atoms with E-state index in [0.29, 0.717) is 6.42 Å². The van der Waals surface area contributed by atoms with Gasteiger partial charge in [0, 0.05) is 6.16 Å². The van der Waals surface area contributed by atoms with Crippen LogP contribution in [0.15, 0.2) is 0 Å². The van der Waals surface area contributed by atoms with Gasteiger partial charge in [-0.2, -0.15) is 0 Å². The van der Waals surface area contributed by atoms with Gasteiger partial charge in [-0.15, -0.1) is 0 Å². The fraction of sp³-hybridized carbons (Fsp3) is 1.00. The van der Waals surface area contributed by atoms with Gasteiger partial charge in [-0.1, -0.05) is 129 Å². The number of hydrogen-bond donors (Lipinski definition) is 2. The van der Waals surface area contributed by atoms with Crippen molar-refractivity contribution in [3.05, 3.63) is 0 Å². The molecular formula is C22H47O3P. The van der Waals surface area contributed by atoms with Gasteiger partial charge >= 0.3 is 7.60 Å². The molecule has 0 aromatic carbocycles. The van der Waals surface area contributed by atoms with Crippen molar-refractivity contribution in [1.29, 1.82) is 0 Å². The second-order valence-corrected chi connectivity index (χ2v) is 9.88. The molecule has 4 heteroatoms. The fourth-order valence-electron chi connectivity index (χ4n) is 3.57. The van der Waals surface area contributed by atoms with E-state index >= 15 is 0 Å². The van der Waals surface area contributed by atoms with E-state index in [-0.39, 0.29) is 6.16 Å². The lowest BCUT2D eigenvalue weighted by Crippen LogP contribution is -1.88. The lowest BCUT2D eigenvalue weighted by Gasteiger charge is -2.04. The van der Waals surface area contributed by atoms with Crippen LogP contribution >= 0.6 is 7.60 Å². The molecule has 0 unspecified atom stereocenters. The first-order chi connectivity index (χ1) is 12.6. The van der Waals surface area contributed by atoms with Gasteiger partial charge in [0.25, 0.3) is 0 Å². The first-order valence-electron chi connectivity index (χ1n) is 11.6. The third kappa shape index (κ3) is 24.1. The molecule has 0 radical (unpaired) electrons. The van der Waals surface area contributed by atoms with Crippen molar-refractivity contribution in [2.24, 2.45) is 0 Å². The second-order valence-electron chi connectivity index (χ2n) is 8.11. The van der Waals surface area contributed by atoms with Crippen LogP contribution in [-0.2, 0) is 4.57 Å². The van der Waals surface area contributed by atoms with Crippen LogP contribution in [0.5, 0.6) is 0 Å². The van der Waals surface area contributed by atoms with E-state index in [1.807, 2.05) is 0 Å². The molecule has 0 aliphatic heterocycles. The molecule has 158 valence electrons. The van der Waals surface area contributed by atoms with E-state index in [0.717, 1.165) is 12.8 Å². The Balaban J connectivity index is 3.02. The van der Waals surface area contributed by atoms with Crippen LogP contribution in [0, 0.1) is 0 Å². The minimum Gasteiger partial charge on any atom is -0.324 e. The Hall–Kier alpha value is 0.150. The molecule has 26 heavy (non-hydrogen) atoms. The summed E-state index contributed by atoms with van der Waals surface area (Å²) in [5.41, 5.74) is 0. The van der Waals surface area contributed by atoms with Gasteiger partial charge in [0.2, 0.25) is 0 Å². The predicted octanol–water partition coefficient (Wildman–Crippen LogP) is 7.99. The quantitative estimate of drug-likeness (QED) is 0.154. The van der Waals surface area contributed by atoms with E-state index in [1.165, 1.54) is 109 Å². The molecule has 0 aromatic rings. The molecule has 0 rings (SSSR count). The summed E-state index contributed by atoms with van der Waals surface area (Å²) in [7, 11) is -3.76. The van der Waals surface area contributed by atoms with Crippen molar-refractivity contribution in [1.82, 2.24) is 0 Å². The molecule has 3 nitrogen and oxygen atoms in total. The highest BCUT2D eigenvalue weighted by Gasteiger charge is 2.10. The van der Waals surface area contributed by atoms with E-state index in [4.69, 9.17) is 9.79 Å². The summed E-state index contributed by atoms with van der Waals surface area (Å²) in [5, 5.41) is 0. The largest absolute Gasteiger partial charge is 0.325 e. The van der Waals surface area contributed by atoms with Crippen LogP contribution in [0.4, 0.5) is 0 Å². The molecule has 0 saturated carbocycles. The smallest absolute Gasteiger partial charge is 0.324 e. The summed E-state index contributed by atoms with van der Waals surface area (Å²) in [6.07, 6.45) is 26.5. The van der Waals surface area contributed by atoms with Crippen molar-refractivity contribution >= 4 is 7.60 Å². The number of hydrogen-bond acceptors (Lipinski definition) is 1. The molecular weight excluding hydrogens is 343 g/mol. The number of unbranched alkanes of at least 4 members (excludes halogenated alkanes) is 19. The van der Waals surface area contributed by atoms with E-state index in [1.54, 1.807) is 0 Å². The van der Waals surface area contributed by atoms with Crippen LogP contribution in [0.2, 0.25) is 0 Å². The Morgan fingerprint density at radius 2 is 0.692 bits per heavy atom. The molecule has 0 atom stereocenters. The van der Waals surface area contributed by atoms with E-state index in [9.17, 15) is 4.57 Å². The highest BCUT2D eigenvalue weighted by atomic mass is 31.2. The molecule has 2 N–H and O–H groups in total. The average molecular weight is 391 g/mol. The van der Waals surface area contributed by atoms with Crippen molar-refractivity contribution < 1.29 is 14.4 Å². The van der Waals surface area contributed by atoms with Crippen LogP contribution in [0.25, 0.3) is 0 Å². The van der Waals surface area contributed by atoms with Gasteiger partial charge in [-0.3, -0.25) is 4.57 Å². The topological polar surface area (TPSA) is 57.5 Å². The molecule has 0 amide bonds. The Morgan fingerprint density at radius 1 is 0.462 bits per heavy atom.